The summed E-state index contributed by atoms with van der Waals surface area (Å²) in [6.45, 7) is 2.18. The standard InChI is InChI=1S/C12H14N2O3S/c1-3-14-11(15)10(18-12(14)16)13-8-6-4-5-7-9(8)17-2/h4-7,10,13H,3H2,1-2H3/t10-/m0/s1. The van der Waals surface area contributed by atoms with E-state index < -0.39 is 5.37 Å². The molecule has 5 nitrogen and oxygen atoms in total. The van der Waals surface area contributed by atoms with Crippen LogP contribution in [0.2, 0.25) is 0 Å². The highest BCUT2D eigenvalue weighted by atomic mass is 32.2. The smallest absolute Gasteiger partial charge is 0.290 e. The van der Waals surface area contributed by atoms with Crippen LogP contribution in [0.5, 0.6) is 5.75 Å². The molecule has 96 valence electrons. The van der Waals surface area contributed by atoms with E-state index >= 15 is 0 Å². The predicted molar refractivity (Wildman–Crippen MR) is 70.8 cm³/mol. The van der Waals surface area contributed by atoms with Gasteiger partial charge in [-0.3, -0.25) is 14.5 Å². The molecule has 0 unspecified atom stereocenters. The van der Waals surface area contributed by atoms with Gasteiger partial charge in [-0.2, -0.15) is 0 Å². The lowest BCUT2D eigenvalue weighted by Gasteiger charge is -2.14. The molecule has 1 aliphatic heterocycles. The summed E-state index contributed by atoms with van der Waals surface area (Å²) < 4.78 is 5.19. The van der Waals surface area contributed by atoms with E-state index in [4.69, 9.17) is 4.74 Å². The van der Waals surface area contributed by atoms with E-state index in [2.05, 4.69) is 5.32 Å². The Bertz CT molecular complexity index is 478. The van der Waals surface area contributed by atoms with Crippen LogP contribution in [0, 0.1) is 0 Å². The number of para-hydroxylation sites is 2. The first-order valence-electron chi connectivity index (χ1n) is 5.59. The summed E-state index contributed by atoms with van der Waals surface area (Å²) in [6.07, 6.45) is 0. The summed E-state index contributed by atoms with van der Waals surface area (Å²) in [4.78, 5) is 24.7. The molecule has 1 N–H and O–H groups in total. The lowest BCUT2D eigenvalue weighted by atomic mass is 10.3. The normalized spacial score (nSPS) is 19.2. The molecular formula is C12H14N2O3S. The van der Waals surface area contributed by atoms with Crippen molar-refractivity contribution < 1.29 is 14.3 Å². The average Bonchev–Trinajstić information content (AvgIpc) is 2.65. The Morgan fingerprint density at radius 2 is 2.11 bits per heavy atom. The summed E-state index contributed by atoms with van der Waals surface area (Å²) >= 11 is 0.991. The van der Waals surface area contributed by atoms with Crippen molar-refractivity contribution in [2.24, 2.45) is 0 Å². The number of anilines is 1. The number of benzene rings is 1. The van der Waals surface area contributed by atoms with Crippen molar-refractivity contribution in [1.29, 1.82) is 0 Å². The van der Waals surface area contributed by atoms with Crippen LogP contribution in [-0.4, -0.2) is 35.1 Å². The molecule has 1 aromatic carbocycles. The number of carbonyl (C=O) groups is 2. The number of likely N-dealkylation sites (N-methyl/N-ethyl adjacent to an activating group) is 1. The van der Waals surface area contributed by atoms with Crippen LogP contribution in [0.1, 0.15) is 6.92 Å². The molecule has 1 aliphatic rings. The number of rotatable bonds is 4. The van der Waals surface area contributed by atoms with Gasteiger partial charge in [0.05, 0.1) is 12.8 Å². The van der Waals surface area contributed by atoms with Crippen molar-refractivity contribution in [1.82, 2.24) is 4.90 Å². The number of methoxy groups -OCH3 is 1. The third kappa shape index (κ3) is 2.28. The van der Waals surface area contributed by atoms with Crippen LogP contribution in [0.3, 0.4) is 0 Å². The maximum absolute atomic E-state index is 11.9. The van der Waals surface area contributed by atoms with Gasteiger partial charge in [-0.15, -0.1) is 0 Å². The molecule has 1 atom stereocenters. The molecular weight excluding hydrogens is 252 g/mol. The summed E-state index contributed by atoms with van der Waals surface area (Å²) in [5.41, 5.74) is 0.705. The summed E-state index contributed by atoms with van der Waals surface area (Å²) in [7, 11) is 1.56. The molecule has 1 heterocycles. The molecule has 0 spiro atoms. The summed E-state index contributed by atoms with van der Waals surface area (Å²) in [5.74, 6) is 0.437. The number of hydrogen-bond donors (Lipinski definition) is 1. The van der Waals surface area contributed by atoms with E-state index in [1.54, 1.807) is 20.1 Å². The van der Waals surface area contributed by atoms with Crippen LogP contribution in [0.15, 0.2) is 24.3 Å². The molecule has 2 amide bonds. The number of thioether (sulfide) groups is 1. The number of carbonyl (C=O) groups excluding carboxylic acids is 2. The van der Waals surface area contributed by atoms with Crippen LogP contribution < -0.4 is 10.1 Å². The zero-order chi connectivity index (χ0) is 13.1. The van der Waals surface area contributed by atoms with Crippen molar-refractivity contribution in [2.75, 3.05) is 19.0 Å². The third-order valence-electron chi connectivity index (χ3n) is 2.64. The van der Waals surface area contributed by atoms with Crippen molar-refractivity contribution in [3.63, 3.8) is 0 Å². The maximum atomic E-state index is 11.9. The van der Waals surface area contributed by atoms with Gasteiger partial charge in [-0.05, 0) is 30.8 Å². The van der Waals surface area contributed by atoms with E-state index in [9.17, 15) is 9.59 Å². The maximum Gasteiger partial charge on any atom is 0.290 e. The van der Waals surface area contributed by atoms with Gasteiger partial charge in [0.1, 0.15) is 5.75 Å². The minimum absolute atomic E-state index is 0.210. The molecule has 18 heavy (non-hydrogen) atoms. The second kappa shape index (κ2) is 5.30. The van der Waals surface area contributed by atoms with E-state index in [1.807, 2.05) is 18.2 Å². The fourth-order valence-corrected chi connectivity index (χ4v) is 2.69. The van der Waals surface area contributed by atoms with E-state index in [0.29, 0.717) is 18.0 Å². The second-order valence-electron chi connectivity index (χ2n) is 3.69. The van der Waals surface area contributed by atoms with Gasteiger partial charge >= 0.3 is 0 Å². The second-order valence-corrected chi connectivity index (χ2v) is 4.75. The van der Waals surface area contributed by atoms with Crippen molar-refractivity contribution in [3.8, 4) is 5.75 Å². The molecule has 0 bridgehead atoms. The fraction of sp³-hybridized carbons (Fsp3) is 0.333. The van der Waals surface area contributed by atoms with Crippen LogP contribution in [0.4, 0.5) is 10.5 Å². The van der Waals surface area contributed by atoms with E-state index in [1.165, 1.54) is 4.90 Å². The number of nitrogens with one attached hydrogen (secondary N) is 1. The van der Waals surface area contributed by atoms with E-state index in [0.717, 1.165) is 11.8 Å². The molecule has 0 aromatic heterocycles. The minimum atomic E-state index is -0.575. The van der Waals surface area contributed by atoms with Crippen LogP contribution in [-0.2, 0) is 4.79 Å². The Labute approximate surface area is 109 Å². The zero-order valence-electron chi connectivity index (χ0n) is 10.2. The zero-order valence-corrected chi connectivity index (χ0v) is 11.0. The van der Waals surface area contributed by atoms with Gasteiger partial charge in [0, 0.05) is 6.54 Å². The highest BCUT2D eigenvalue weighted by molar-refractivity contribution is 8.15. The first-order valence-corrected chi connectivity index (χ1v) is 6.47. The highest BCUT2D eigenvalue weighted by Gasteiger charge is 2.38. The SMILES string of the molecule is CCN1C(=O)S[C@H](Nc2ccccc2OC)C1=O. The Hall–Kier alpha value is -1.69. The Kier molecular flexibility index (Phi) is 3.76. The fourth-order valence-electron chi connectivity index (χ4n) is 1.73. The molecule has 6 heteroatoms. The van der Waals surface area contributed by atoms with Gasteiger partial charge in [0.25, 0.3) is 11.1 Å². The van der Waals surface area contributed by atoms with Crippen LogP contribution in [0.25, 0.3) is 0 Å². The topological polar surface area (TPSA) is 58.6 Å². The van der Waals surface area contributed by atoms with Gasteiger partial charge < -0.3 is 10.1 Å². The van der Waals surface area contributed by atoms with E-state index in [-0.39, 0.29) is 11.1 Å². The number of hydrogen-bond acceptors (Lipinski definition) is 5. The van der Waals surface area contributed by atoms with Crippen molar-refractivity contribution >= 4 is 28.6 Å². The lowest BCUT2D eigenvalue weighted by Crippen LogP contribution is -2.34. The number of imide groups is 1. The average molecular weight is 266 g/mol. The van der Waals surface area contributed by atoms with Crippen molar-refractivity contribution in [3.05, 3.63) is 24.3 Å². The van der Waals surface area contributed by atoms with Gasteiger partial charge in [0.15, 0.2) is 5.37 Å². The molecule has 0 radical (unpaired) electrons. The first-order chi connectivity index (χ1) is 8.67. The molecule has 0 aliphatic carbocycles. The molecule has 1 aromatic rings. The lowest BCUT2D eigenvalue weighted by molar-refractivity contribution is -0.126. The highest BCUT2D eigenvalue weighted by Crippen LogP contribution is 2.31. The predicted octanol–water partition coefficient (Wildman–Crippen LogP) is 2.15. The number of nitrogens with zero attached hydrogens (tertiary/aromatic N) is 1. The van der Waals surface area contributed by atoms with Crippen LogP contribution >= 0.6 is 11.8 Å². The van der Waals surface area contributed by atoms with Gasteiger partial charge in [0.2, 0.25) is 0 Å². The molecule has 1 saturated heterocycles. The Morgan fingerprint density at radius 3 is 2.72 bits per heavy atom. The Balaban J connectivity index is 2.15. The number of amides is 2. The third-order valence-corrected chi connectivity index (χ3v) is 3.62. The van der Waals surface area contributed by atoms with Gasteiger partial charge in [-0.1, -0.05) is 12.1 Å². The summed E-state index contributed by atoms with van der Waals surface area (Å²) in [6, 6.07) is 7.29. The monoisotopic (exact) mass is 266 g/mol. The first kappa shape index (κ1) is 12.8. The minimum Gasteiger partial charge on any atom is -0.495 e. The largest absolute Gasteiger partial charge is 0.495 e. The van der Waals surface area contributed by atoms with Gasteiger partial charge in [-0.25, -0.2) is 0 Å². The molecule has 2 rings (SSSR count). The quantitative estimate of drug-likeness (QED) is 0.905. The molecule has 1 fully saturated rings. The number of ether oxygens (including phenoxy) is 1. The molecule has 0 saturated carbocycles. The van der Waals surface area contributed by atoms with Crippen molar-refractivity contribution in [2.45, 2.75) is 12.3 Å². The summed E-state index contributed by atoms with van der Waals surface area (Å²) in [5, 5.41) is 2.24. The Morgan fingerprint density at radius 1 is 1.39 bits per heavy atom.